The van der Waals surface area contributed by atoms with E-state index in [0.29, 0.717) is 11.4 Å². The van der Waals surface area contributed by atoms with Crippen molar-refractivity contribution in [2.45, 2.75) is 33.2 Å². The summed E-state index contributed by atoms with van der Waals surface area (Å²) in [4.78, 5) is 11.3. The topological polar surface area (TPSA) is 49.3 Å². The lowest BCUT2D eigenvalue weighted by atomic mass is 10.1. The molecule has 0 fully saturated rings. The molecule has 90 valence electrons. The van der Waals surface area contributed by atoms with E-state index in [1.165, 1.54) is 17.8 Å². The third-order valence-electron chi connectivity index (χ3n) is 2.39. The minimum absolute atomic E-state index is 0.455. The number of carboxylic acids is 1. The maximum Gasteiger partial charge on any atom is 0.346 e. The summed E-state index contributed by atoms with van der Waals surface area (Å²) in [6, 6.07) is 1.88. The predicted molar refractivity (Wildman–Crippen MR) is 67.1 cm³/mol. The lowest BCUT2D eigenvalue weighted by Crippen LogP contribution is -2.16. The van der Waals surface area contributed by atoms with Gasteiger partial charge in [0, 0.05) is 6.54 Å². The number of carboxylic acid groups (broad SMARTS) is 1. The summed E-state index contributed by atoms with van der Waals surface area (Å²) in [5.74, 6) is -0.0912. The van der Waals surface area contributed by atoms with Crippen molar-refractivity contribution in [3.63, 3.8) is 0 Å². The Morgan fingerprint density at radius 2 is 2.31 bits per heavy atom. The highest BCUT2D eigenvalue weighted by Crippen LogP contribution is 2.16. The van der Waals surface area contributed by atoms with E-state index in [0.717, 1.165) is 24.4 Å². The number of hydrogen-bond acceptors (Lipinski definition) is 3. The Morgan fingerprint density at radius 1 is 1.56 bits per heavy atom. The molecule has 0 atom stereocenters. The molecule has 16 heavy (non-hydrogen) atoms. The number of hydrogen-bond donors (Lipinski definition) is 2. The molecule has 0 saturated heterocycles. The van der Waals surface area contributed by atoms with Gasteiger partial charge in [-0.3, -0.25) is 0 Å². The van der Waals surface area contributed by atoms with Gasteiger partial charge in [-0.2, -0.15) is 0 Å². The Morgan fingerprint density at radius 3 is 2.94 bits per heavy atom. The van der Waals surface area contributed by atoms with Gasteiger partial charge >= 0.3 is 5.97 Å². The van der Waals surface area contributed by atoms with Crippen LogP contribution in [0.1, 0.15) is 41.9 Å². The van der Waals surface area contributed by atoms with Crippen LogP contribution in [0.5, 0.6) is 0 Å². The van der Waals surface area contributed by atoms with Gasteiger partial charge in [-0.1, -0.05) is 13.8 Å². The zero-order valence-corrected chi connectivity index (χ0v) is 10.6. The summed E-state index contributed by atoms with van der Waals surface area (Å²) in [6.07, 6.45) is 2.35. The number of carbonyl (C=O) groups is 1. The van der Waals surface area contributed by atoms with Crippen LogP contribution in [0.3, 0.4) is 0 Å². The molecule has 0 radical (unpaired) electrons. The lowest BCUT2D eigenvalue weighted by Gasteiger charge is -2.06. The summed E-state index contributed by atoms with van der Waals surface area (Å²) in [5, 5.41) is 14.0. The first-order valence-corrected chi connectivity index (χ1v) is 6.49. The van der Waals surface area contributed by atoms with Gasteiger partial charge in [-0.05, 0) is 42.3 Å². The van der Waals surface area contributed by atoms with E-state index < -0.39 is 5.97 Å². The molecule has 0 aliphatic rings. The maximum absolute atomic E-state index is 10.8. The van der Waals surface area contributed by atoms with E-state index >= 15 is 0 Å². The molecule has 1 aromatic heterocycles. The van der Waals surface area contributed by atoms with Crippen molar-refractivity contribution in [3.8, 4) is 0 Å². The number of thiophene rings is 1. The number of aromatic carboxylic acids is 1. The lowest BCUT2D eigenvalue weighted by molar-refractivity contribution is 0.0701. The second kappa shape index (κ2) is 6.66. The van der Waals surface area contributed by atoms with Gasteiger partial charge in [-0.15, -0.1) is 11.3 Å². The highest BCUT2D eigenvalue weighted by atomic mass is 32.1. The van der Waals surface area contributed by atoms with Crippen molar-refractivity contribution in [2.24, 2.45) is 5.92 Å². The Balaban J connectivity index is 2.27. The van der Waals surface area contributed by atoms with Crippen LogP contribution in [-0.4, -0.2) is 17.6 Å². The first-order valence-electron chi connectivity index (χ1n) is 5.61. The van der Waals surface area contributed by atoms with Crippen molar-refractivity contribution < 1.29 is 9.90 Å². The van der Waals surface area contributed by atoms with Crippen LogP contribution in [0.25, 0.3) is 0 Å². The third kappa shape index (κ3) is 4.33. The monoisotopic (exact) mass is 241 g/mol. The smallest absolute Gasteiger partial charge is 0.346 e. The van der Waals surface area contributed by atoms with E-state index in [4.69, 9.17) is 5.11 Å². The summed E-state index contributed by atoms with van der Waals surface area (Å²) >= 11 is 1.29. The largest absolute Gasteiger partial charge is 0.477 e. The van der Waals surface area contributed by atoms with Crippen molar-refractivity contribution in [1.82, 2.24) is 5.32 Å². The van der Waals surface area contributed by atoms with E-state index in [9.17, 15) is 4.79 Å². The zero-order chi connectivity index (χ0) is 12.0. The molecule has 0 bridgehead atoms. The highest BCUT2D eigenvalue weighted by Gasteiger charge is 2.10. The minimum atomic E-state index is -0.825. The van der Waals surface area contributed by atoms with Crippen molar-refractivity contribution >= 4 is 17.3 Å². The molecule has 0 aliphatic heterocycles. The second-order valence-electron chi connectivity index (χ2n) is 4.29. The summed E-state index contributed by atoms with van der Waals surface area (Å²) < 4.78 is 0. The van der Waals surface area contributed by atoms with Crippen LogP contribution in [0.4, 0.5) is 0 Å². The molecule has 0 saturated carbocycles. The van der Waals surface area contributed by atoms with Crippen LogP contribution in [0, 0.1) is 5.92 Å². The van der Waals surface area contributed by atoms with Crippen LogP contribution in [0.15, 0.2) is 11.4 Å². The average molecular weight is 241 g/mol. The molecule has 4 heteroatoms. The van der Waals surface area contributed by atoms with E-state index in [-0.39, 0.29) is 0 Å². The maximum atomic E-state index is 10.8. The minimum Gasteiger partial charge on any atom is -0.477 e. The molecular weight excluding hydrogens is 222 g/mol. The molecule has 0 aromatic carbocycles. The third-order valence-corrected chi connectivity index (χ3v) is 3.34. The first-order chi connectivity index (χ1) is 7.61. The molecule has 1 rings (SSSR count). The summed E-state index contributed by atoms with van der Waals surface area (Å²) in [6.45, 7) is 6.03. The number of rotatable bonds is 7. The normalized spacial score (nSPS) is 10.9. The van der Waals surface area contributed by atoms with Gasteiger partial charge in [0.15, 0.2) is 0 Å². The fourth-order valence-corrected chi connectivity index (χ4v) is 2.28. The van der Waals surface area contributed by atoms with E-state index in [1.807, 2.05) is 11.4 Å². The fraction of sp³-hybridized carbons (Fsp3) is 0.583. The summed E-state index contributed by atoms with van der Waals surface area (Å²) in [7, 11) is 0. The van der Waals surface area contributed by atoms with E-state index in [1.54, 1.807) is 0 Å². The van der Waals surface area contributed by atoms with Crippen LogP contribution >= 0.6 is 11.3 Å². The Hall–Kier alpha value is -0.870. The number of nitrogens with one attached hydrogen (secondary N) is 1. The molecule has 0 amide bonds. The molecule has 2 N–H and O–H groups in total. The van der Waals surface area contributed by atoms with Gasteiger partial charge in [0.05, 0.1) is 0 Å². The van der Waals surface area contributed by atoms with Crippen molar-refractivity contribution in [3.05, 3.63) is 21.9 Å². The van der Waals surface area contributed by atoms with Gasteiger partial charge < -0.3 is 10.4 Å². The standard InChI is InChI=1S/C12H19NO2S/c1-9(2)4-3-6-13-8-10-5-7-16-11(10)12(14)15/h5,7,9,13H,3-4,6,8H2,1-2H3,(H,14,15). The van der Waals surface area contributed by atoms with Gasteiger partial charge in [-0.25, -0.2) is 4.79 Å². The summed E-state index contributed by atoms with van der Waals surface area (Å²) in [5.41, 5.74) is 0.891. The molecular formula is C12H19NO2S. The van der Waals surface area contributed by atoms with Crippen LogP contribution in [0.2, 0.25) is 0 Å². The Kier molecular flexibility index (Phi) is 5.49. The fourth-order valence-electron chi connectivity index (χ4n) is 1.52. The highest BCUT2D eigenvalue weighted by molar-refractivity contribution is 7.12. The van der Waals surface area contributed by atoms with Crippen LogP contribution < -0.4 is 5.32 Å². The molecule has 1 aromatic rings. The second-order valence-corrected chi connectivity index (χ2v) is 5.21. The van der Waals surface area contributed by atoms with Crippen molar-refractivity contribution in [1.29, 1.82) is 0 Å². The zero-order valence-electron chi connectivity index (χ0n) is 9.82. The Labute approximate surface area is 100 Å². The first kappa shape index (κ1) is 13.2. The predicted octanol–water partition coefficient (Wildman–Crippen LogP) is 2.97. The van der Waals surface area contributed by atoms with Gasteiger partial charge in [0.1, 0.15) is 4.88 Å². The molecule has 0 spiro atoms. The average Bonchev–Trinajstić information content (AvgIpc) is 2.65. The molecule has 1 heterocycles. The van der Waals surface area contributed by atoms with Crippen molar-refractivity contribution in [2.75, 3.05) is 6.54 Å². The van der Waals surface area contributed by atoms with Gasteiger partial charge in [0.2, 0.25) is 0 Å². The SMILES string of the molecule is CC(C)CCCNCc1ccsc1C(=O)O. The quantitative estimate of drug-likeness (QED) is 0.722. The molecule has 0 aliphatic carbocycles. The van der Waals surface area contributed by atoms with Crippen LogP contribution in [-0.2, 0) is 6.54 Å². The Bertz CT molecular complexity index is 334. The van der Waals surface area contributed by atoms with Gasteiger partial charge in [0.25, 0.3) is 0 Å². The molecule has 3 nitrogen and oxygen atoms in total. The van der Waals surface area contributed by atoms with E-state index in [2.05, 4.69) is 19.2 Å². The molecule has 0 unspecified atom stereocenters.